The minimum Gasteiger partial charge on any atom is -0.313 e. The Balaban J connectivity index is 1.56. The van der Waals surface area contributed by atoms with Crippen molar-refractivity contribution in [3.05, 3.63) is 0 Å². The fraction of sp³-hybridized carbons (Fsp3) is 1.00. The van der Waals surface area contributed by atoms with Crippen LogP contribution in [0, 0.1) is 11.8 Å². The van der Waals surface area contributed by atoms with E-state index in [0.29, 0.717) is 0 Å². The smallest absolute Gasteiger partial charge is 0.0207 e. The van der Waals surface area contributed by atoms with E-state index < -0.39 is 0 Å². The summed E-state index contributed by atoms with van der Waals surface area (Å²) in [6, 6.07) is 1.48. The highest BCUT2D eigenvalue weighted by molar-refractivity contribution is 4.83. The van der Waals surface area contributed by atoms with Gasteiger partial charge in [0.05, 0.1) is 0 Å². The average molecular weight is 252 g/mol. The molecule has 18 heavy (non-hydrogen) atoms. The normalized spacial score (nSPS) is 34.3. The maximum atomic E-state index is 3.78. The van der Waals surface area contributed by atoms with Gasteiger partial charge >= 0.3 is 0 Å². The second kappa shape index (κ2) is 6.91. The van der Waals surface area contributed by atoms with Crippen molar-refractivity contribution >= 4 is 0 Å². The lowest BCUT2D eigenvalue weighted by Gasteiger charge is -2.26. The molecular weight excluding hydrogens is 220 g/mol. The molecule has 2 nitrogen and oxygen atoms in total. The van der Waals surface area contributed by atoms with E-state index in [-0.39, 0.29) is 0 Å². The van der Waals surface area contributed by atoms with E-state index in [0.717, 1.165) is 23.9 Å². The first-order valence-corrected chi connectivity index (χ1v) is 8.12. The monoisotopic (exact) mass is 252 g/mol. The molecule has 0 aromatic heterocycles. The fourth-order valence-electron chi connectivity index (χ4n) is 3.53. The number of hydrogen-bond donors (Lipinski definition) is 1. The molecule has 1 unspecified atom stereocenters. The summed E-state index contributed by atoms with van der Waals surface area (Å²) in [7, 11) is 0. The average Bonchev–Trinajstić information content (AvgIpc) is 2.81. The molecule has 1 saturated carbocycles. The summed E-state index contributed by atoms with van der Waals surface area (Å²) in [4.78, 5) is 2.60. The SMILES string of the molecule is CC1CCC(CCNC2CCN(C(C)C)C2)CC1. The van der Waals surface area contributed by atoms with Gasteiger partial charge in [0.25, 0.3) is 0 Å². The lowest BCUT2D eigenvalue weighted by molar-refractivity contribution is 0.260. The van der Waals surface area contributed by atoms with Gasteiger partial charge in [0.2, 0.25) is 0 Å². The van der Waals surface area contributed by atoms with Crippen molar-refractivity contribution in [2.75, 3.05) is 19.6 Å². The number of likely N-dealkylation sites (tertiary alicyclic amines) is 1. The van der Waals surface area contributed by atoms with Gasteiger partial charge in [-0.25, -0.2) is 0 Å². The molecule has 0 spiro atoms. The predicted octanol–water partition coefficient (Wildman–Crippen LogP) is 3.28. The van der Waals surface area contributed by atoms with Crippen LogP contribution in [0.4, 0.5) is 0 Å². The molecule has 0 bridgehead atoms. The van der Waals surface area contributed by atoms with Gasteiger partial charge < -0.3 is 5.32 Å². The molecule has 0 amide bonds. The fourth-order valence-corrected chi connectivity index (χ4v) is 3.53. The molecule has 0 radical (unpaired) electrons. The van der Waals surface area contributed by atoms with Crippen LogP contribution in [0.5, 0.6) is 0 Å². The summed E-state index contributed by atoms with van der Waals surface area (Å²) in [5, 5.41) is 3.78. The van der Waals surface area contributed by atoms with Crippen LogP contribution < -0.4 is 5.32 Å². The zero-order valence-electron chi connectivity index (χ0n) is 12.6. The standard InChI is InChI=1S/C16H32N2/c1-13(2)18-11-9-16(12-18)17-10-8-15-6-4-14(3)5-7-15/h13-17H,4-12H2,1-3H3. The van der Waals surface area contributed by atoms with Gasteiger partial charge in [0.15, 0.2) is 0 Å². The first-order valence-electron chi connectivity index (χ1n) is 8.12. The molecule has 106 valence electrons. The van der Waals surface area contributed by atoms with Crippen molar-refractivity contribution in [1.82, 2.24) is 10.2 Å². The minimum atomic E-state index is 0.719. The Morgan fingerprint density at radius 1 is 1.11 bits per heavy atom. The Morgan fingerprint density at radius 2 is 1.83 bits per heavy atom. The molecule has 1 N–H and O–H groups in total. The summed E-state index contributed by atoms with van der Waals surface area (Å²) >= 11 is 0. The summed E-state index contributed by atoms with van der Waals surface area (Å²) in [6.07, 6.45) is 8.65. The van der Waals surface area contributed by atoms with E-state index in [2.05, 4.69) is 31.0 Å². The highest BCUT2D eigenvalue weighted by Crippen LogP contribution is 2.30. The van der Waals surface area contributed by atoms with E-state index in [1.54, 1.807) is 0 Å². The van der Waals surface area contributed by atoms with Crippen LogP contribution in [-0.2, 0) is 0 Å². The van der Waals surface area contributed by atoms with E-state index in [4.69, 9.17) is 0 Å². The van der Waals surface area contributed by atoms with E-state index >= 15 is 0 Å². The van der Waals surface area contributed by atoms with Gasteiger partial charge in [-0.3, -0.25) is 4.90 Å². The highest BCUT2D eigenvalue weighted by Gasteiger charge is 2.24. The maximum Gasteiger partial charge on any atom is 0.0207 e. The summed E-state index contributed by atoms with van der Waals surface area (Å²) in [5.41, 5.74) is 0. The van der Waals surface area contributed by atoms with Crippen molar-refractivity contribution in [3.8, 4) is 0 Å². The molecule has 2 rings (SSSR count). The number of hydrogen-bond acceptors (Lipinski definition) is 2. The third-order valence-electron chi connectivity index (χ3n) is 5.07. The Bertz CT molecular complexity index is 231. The van der Waals surface area contributed by atoms with E-state index in [1.165, 1.54) is 58.2 Å². The largest absolute Gasteiger partial charge is 0.313 e. The van der Waals surface area contributed by atoms with Crippen molar-refractivity contribution in [2.45, 2.75) is 71.4 Å². The van der Waals surface area contributed by atoms with Gasteiger partial charge in [-0.1, -0.05) is 32.6 Å². The first kappa shape index (κ1) is 14.3. The van der Waals surface area contributed by atoms with Gasteiger partial charge in [0.1, 0.15) is 0 Å². The number of rotatable bonds is 5. The molecule has 2 heteroatoms. The number of nitrogens with zero attached hydrogens (tertiary/aromatic N) is 1. The van der Waals surface area contributed by atoms with Crippen molar-refractivity contribution in [3.63, 3.8) is 0 Å². The quantitative estimate of drug-likeness (QED) is 0.808. The Hall–Kier alpha value is -0.0800. The Labute approximate surface area is 114 Å². The second-order valence-electron chi connectivity index (χ2n) is 6.94. The zero-order valence-corrected chi connectivity index (χ0v) is 12.6. The molecule has 1 heterocycles. The topological polar surface area (TPSA) is 15.3 Å². The van der Waals surface area contributed by atoms with Crippen LogP contribution in [0.3, 0.4) is 0 Å². The van der Waals surface area contributed by atoms with Crippen LogP contribution in [0.25, 0.3) is 0 Å². The molecule has 2 aliphatic rings. The Kier molecular flexibility index (Phi) is 5.50. The predicted molar refractivity (Wildman–Crippen MR) is 78.9 cm³/mol. The van der Waals surface area contributed by atoms with E-state index in [1.807, 2.05) is 0 Å². The van der Waals surface area contributed by atoms with Crippen LogP contribution >= 0.6 is 0 Å². The van der Waals surface area contributed by atoms with Gasteiger partial charge in [0, 0.05) is 18.6 Å². The van der Waals surface area contributed by atoms with Crippen molar-refractivity contribution < 1.29 is 0 Å². The van der Waals surface area contributed by atoms with Crippen LogP contribution in [0.2, 0.25) is 0 Å². The molecule has 0 aromatic carbocycles. The Morgan fingerprint density at radius 3 is 2.44 bits per heavy atom. The number of nitrogens with one attached hydrogen (secondary N) is 1. The molecule has 1 aliphatic carbocycles. The zero-order chi connectivity index (χ0) is 13.0. The summed E-state index contributed by atoms with van der Waals surface area (Å²) in [6.45, 7) is 10.8. The molecule has 1 aliphatic heterocycles. The maximum absolute atomic E-state index is 3.78. The molecule has 1 saturated heterocycles. The molecule has 0 aromatic rings. The molecular formula is C16H32N2. The second-order valence-corrected chi connectivity index (χ2v) is 6.94. The molecule has 1 atom stereocenters. The van der Waals surface area contributed by atoms with Gasteiger partial charge in [-0.15, -0.1) is 0 Å². The summed E-state index contributed by atoms with van der Waals surface area (Å²) < 4.78 is 0. The van der Waals surface area contributed by atoms with Crippen molar-refractivity contribution in [1.29, 1.82) is 0 Å². The van der Waals surface area contributed by atoms with Crippen LogP contribution in [-0.4, -0.2) is 36.6 Å². The van der Waals surface area contributed by atoms with Crippen molar-refractivity contribution in [2.24, 2.45) is 11.8 Å². The van der Waals surface area contributed by atoms with Gasteiger partial charge in [-0.05, 0) is 51.6 Å². The molecule has 2 fully saturated rings. The third kappa shape index (κ3) is 4.24. The lowest BCUT2D eigenvalue weighted by Crippen LogP contribution is -2.36. The minimum absolute atomic E-state index is 0.719. The highest BCUT2D eigenvalue weighted by atomic mass is 15.2. The lowest BCUT2D eigenvalue weighted by atomic mass is 9.81. The van der Waals surface area contributed by atoms with Crippen LogP contribution in [0.1, 0.15) is 59.3 Å². The first-order chi connectivity index (χ1) is 8.65. The van der Waals surface area contributed by atoms with Crippen LogP contribution in [0.15, 0.2) is 0 Å². The summed E-state index contributed by atoms with van der Waals surface area (Å²) in [5.74, 6) is 2.00. The van der Waals surface area contributed by atoms with E-state index in [9.17, 15) is 0 Å². The third-order valence-corrected chi connectivity index (χ3v) is 5.07. The van der Waals surface area contributed by atoms with Gasteiger partial charge in [-0.2, -0.15) is 0 Å².